The molecule has 0 atom stereocenters. The molecule has 22 heavy (non-hydrogen) atoms. The third kappa shape index (κ3) is 4.87. The molecule has 0 radical (unpaired) electrons. The van der Waals surface area contributed by atoms with Gasteiger partial charge in [-0.1, -0.05) is 52.6 Å². The minimum atomic E-state index is 0.866. The molecule has 1 aromatic carbocycles. The van der Waals surface area contributed by atoms with Gasteiger partial charge in [0.2, 0.25) is 5.96 Å². The molecule has 0 amide bonds. The molecule has 120 valence electrons. The van der Waals surface area contributed by atoms with Gasteiger partial charge in [0.1, 0.15) is 0 Å². The second-order valence-electron chi connectivity index (χ2n) is 5.11. The van der Waals surface area contributed by atoms with Gasteiger partial charge in [0.25, 0.3) is 0 Å². The van der Waals surface area contributed by atoms with Crippen molar-refractivity contribution in [2.75, 3.05) is 37.4 Å². The summed E-state index contributed by atoms with van der Waals surface area (Å²) in [5, 5.41) is 1.09. The molecule has 4 nitrogen and oxygen atoms in total. The Morgan fingerprint density at radius 1 is 1.09 bits per heavy atom. The molecule has 2 saturated heterocycles. The maximum atomic E-state index is 4.82. The van der Waals surface area contributed by atoms with Crippen LogP contribution in [0.15, 0.2) is 40.3 Å². The van der Waals surface area contributed by atoms with Crippen molar-refractivity contribution < 1.29 is 0 Å². The fraction of sp³-hybridized carbons (Fsp3) is 0.500. The molecule has 1 aromatic rings. The third-order valence-corrected chi connectivity index (χ3v) is 4.60. The highest BCUT2D eigenvalue weighted by molar-refractivity contribution is 14.1. The summed E-state index contributed by atoms with van der Waals surface area (Å²) in [7, 11) is 2.10. The van der Waals surface area contributed by atoms with E-state index in [4.69, 9.17) is 9.98 Å². The van der Waals surface area contributed by atoms with Crippen molar-refractivity contribution in [3.8, 4) is 0 Å². The number of aliphatic imine (C=N–C) groups is 2. The summed E-state index contributed by atoms with van der Waals surface area (Å²) in [6, 6.07) is 10.1. The zero-order valence-corrected chi connectivity index (χ0v) is 16.2. The lowest BCUT2D eigenvalue weighted by atomic mass is 10.3. The summed E-state index contributed by atoms with van der Waals surface area (Å²) in [5.74, 6) is 1.98. The van der Waals surface area contributed by atoms with Crippen molar-refractivity contribution in [3.63, 3.8) is 0 Å². The summed E-state index contributed by atoms with van der Waals surface area (Å²) in [4.78, 5) is 16.0. The molecule has 0 spiro atoms. The highest BCUT2D eigenvalue weighted by Gasteiger charge is 2.20. The van der Waals surface area contributed by atoms with Gasteiger partial charge >= 0.3 is 0 Å². The fourth-order valence-electron chi connectivity index (χ4n) is 2.38. The molecule has 0 aliphatic carbocycles. The number of alkyl halides is 1. The Kier molecular flexibility index (Phi) is 7.51. The van der Waals surface area contributed by atoms with Crippen LogP contribution in [-0.4, -0.2) is 58.3 Å². The zero-order chi connectivity index (χ0) is 15.8. The van der Waals surface area contributed by atoms with E-state index in [-0.39, 0.29) is 0 Å². The molecule has 0 aromatic heterocycles. The van der Waals surface area contributed by atoms with Gasteiger partial charge in [-0.2, -0.15) is 4.99 Å². The molecule has 0 unspecified atom stereocenters. The molecule has 0 bridgehead atoms. The van der Waals surface area contributed by atoms with Crippen molar-refractivity contribution in [2.45, 2.75) is 12.8 Å². The van der Waals surface area contributed by atoms with Crippen molar-refractivity contribution in [2.24, 2.45) is 9.98 Å². The number of hydrogen-bond donors (Lipinski definition) is 0. The van der Waals surface area contributed by atoms with Gasteiger partial charge in [0.05, 0.1) is 5.69 Å². The standard InChI is InChI=1S/C15H20N4S.CH3I/c1-18-11-12-20-15(18)17-14(19-9-5-6-10-19)16-13-7-3-2-4-8-13;1-2/h2-4,7-8H,5-6,9-12H2,1H3;1H3. The van der Waals surface area contributed by atoms with Gasteiger partial charge in [0.15, 0.2) is 5.17 Å². The first-order valence-electron chi connectivity index (χ1n) is 7.52. The number of amidine groups is 1. The molecule has 0 N–H and O–H groups in total. The van der Waals surface area contributed by atoms with Crippen LogP contribution < -0.4 is 0 Å². The Morgan fingerprint density at radius 3 is 2.36 bits per heavy atom. The SMILES string of the molecule is CI.CN1CCSC1=NC(=Nc1ccccc1)N1CCCC1. The van der Waals surface area contributed by atoms with Crippen LogP contribution in [-0.2, 0) is 0 Å². The van der Waals surface area contributed by atoms with Crippen LogP contribution in [0.2, 0.25) is 0 Å². The lowest BCUT2D eigenvalue weighted by Crippen LogP contribution is -2.29. The maximum Gasteiger partial charge on any atom is 0.228 e. The van der Waals surface area contributed by atoms with E-state index in [1.807, 2.05) is 47.0 Å². The molecule has 3 rings (SSSR count). The molecule has 2 aliphatic heterocycles. The summed E-state index contributed by atoms with van der Waals surface area (Å²) < 4.78 is 0. The predicted octanol–water partition coefficient (Wildman–Crippen LogP) is 3.86. The van der Waals surface area contributed by atoms with E-state index in [0.29, 0.717) is 0 Å². The van der Waals surface area contributed by atoms with E-state index in [9.17, 15) is 0 Å². The number of thioether (sulfide) groups is 1. The topological polar surface area (TPSA) is 31.2 Å². The number of rotatable bonds is 1. The van der Waals surface area contributed by atoms with Crippen LogP contribution in [0.5, 0.6) is 0 Å². The summed E-state index contributed by atoms with van der Waals surface area (Å²) in [5.41, 5.74) is 0.976. The normalized spacial score (nSPS) is 20.3. The summed E-state index contributed by atoms with van der Waals surface area (Å²) in [6.07, 6.45) is 2.48. The number of para-hydroxylation sites is 1. The predicted molar refractivity (Wildman–Crippen MR) is 107 cm³/mol. The van der Waals surface area contributed by atoms with Gasteiger partial charge in [-0.05, 0) is 29.9 Å². The molecular formula is C16H23IN4S. The molecule has 2 aliphatic rings. The lowest BCUT2D eigenvalue weighted by molar-refractivity contribution is 0.510. The van der Waals surface area contributed by atoms with Crippen molar-refractivity contribution in [3.05, 3.63) is 30.3 Å². The van der Waals surface area contributed by atoms with E-state index in [1.165, 1.54) is 12.8 Å². The monoisotopic (exact) mass is 430 g/mol. The van der Waals surface area contributed by atoms with Crippen LogP contribution in [0.1, 0.15) is 12.8 Å². The van der Waals surface area contributed by atoms with E-state index in [2.05, 4.69) is 39.4 Å². The van der Waals surface area contributed by atoms with E-state index < -0.39 is 0 Å². The Balaban J connectivity index is 0.000000847. The fourth-order valence-corrected chi connectivity index (χ4v) is 3.39. The second-order valence-corrected chi connectivity index (χ2v) is 6.17. The first kappa shape index (κ1) is 17.6. The second kappa shape index (κ2) is 9.39. The largest absolute Gasteiger partial charge is 0.353 e. The number of nitrogens with zero attached hydrogens (tertiary/aromatic N) is 4. The Morgan fingerprint density at radius 2 is 1.77 bits per heavy atom. The Labute approximate surface area is 151 Å². The van der Waals surface area contributed by atoms with E-state index in [1.54, 1.807) is 0 Å². The van der Waals surface area contributed by atoms with Gasteiger partial charge in [-0.25, -0.2) is 4.99 Å². The van der Waals surface area contributed by atoms with Gasteiger partial charge in [-0.15, -0.1) is 0 Å². The first-order chi connectivity index (χ1) is 10.8. The zero-order valence-electron chi connectivity index (χ0n) is 13.2. The van der Waals surface area contributed by atoms with E-state index in [0.717, 1.165) is 42.2 Å². The minimum Gasteiger partial charge on any atom is -0.353 e. The number of halogens is 1. The van der Waals surface area contributed by atoms with Crippen molar-refractivity contribution >= 4 is 51.2 Å². The third-order valence-electron chi connectivity index (χ3n) is 3.55. The molecule has 2 fully saturated rings. The van der Waals surface area contributed by atoms with Crippen LogP contribution in [0.25, 0.3) is 0 Å². The molecular weight excluding hydrogens is 407 g/mol. The van der Waals surface area contributed by atoms with E-state index >= 15 is 0 Å². The number of hydrogen-bond acceptors (Lipinski definition) is 2. The molecule has 2 heterocycles. The minimum absolute atomic E-state index is 0.866. The van der Waals surface area contributed by atoms with Crippen LogP contribution in [0.4, 0.5) is 5.69 Å². The highest BCUT2D eigenvalue weighted by Crippen LogP contribution is 2.20. The first-order valence-corrected chi connectivity index (χ1v) is 10.7. The summed E-state index contributed by atoms with van der Waals surface area (Å²) >= 11 is 3.97. The average Bonchev–Trinajstić information content (AvgIpc) is 3.22. The Hall–Kier alpha value is -0.760. The van der Waals surface area contributed by atoms with Crippen LogP contribution in [0.3, 0.4) is 0 Å². The maximum absolute atomic E-state index is 4.82. The average molecular weight is 430 g/mol. The Bertz CT molecular complexity index is 512. The van der Waals surface area contributed by atoms with Gasteiger partial charge in [-0.3, -0.25) is 0 Å². The van der Waals surface area contributed by atoms with Gasteiger partial charge in [0, 0.05) is 32.4 Å². The number of guanidine groups is 1. The summed E-state index contributed by atoms with van der Waals surface area (Å²) in [6.45, 7) is 3.20. The number of benzene rings is 1. The molecule has 0 saturated carbocycles. The highest BCUT2D eigenvalue weighted by atomic mass is 127. The van der Waals surface area contributed by atoms with Crippen molar-refractivity contribution in [1.29, 1.82) is 0 Å². The van der Waals surface area contributed by atoms with Crippen LogP contribution >= 0.6 is 34.4 Å². The number of likely N-dealkylation sites (tertiary alicyclic amines) is 1. The lowest BCUT2D eigenvalue weighted by Gasteiger charge is -2.18. The molecule has 6 heteroatoms. The quantitative estimate of drug-likeness (QED) is 0.294. The van der Waals surface area contributed by atoms with Gasteiger partial charge < -0.3 is 9.80 Å². The smallest absolute Gasteiger partial charge is 0.228 e. The van der Waals surface area contributed by atoms with Crippen LogP contribution in [0, 0.1) is 0 Å². The van der Waals surface area contributed by atoms with Crippen molar-refractivity contribution in [1.82, 2.24) is 9.80 Å².